The largest absolute Gasteiger partial charge is 0.480 e. The van der Waals surface area contributed by atoms with E-state index in [9.17, 15) is 14.7 Å². The molecular weight excluding hydrogens is 302 g/mol. The lowest BCUT2D eigenvalue weighted by Crippen LogP contribution is -2.40. The van der Waals surface area contributed by atoms with Crippen molar-refractivity contribution in [2.24, 2.45) is 0 Å². The highest BCUT2D eigenvalue weighted by atomic mass is 16.4. The van der Waals surface area contributed by atoms with Crippen LogP contribution in [0.3, 0.4) is 0 Å². The second-order valence-corrected chi connectivity index (χ2v) is 6.40. The number of Topliss-reactive ketones (excluding diaryl/α,β-unsaturated/α-hetero) is 1. The molecule has 0 spiro atoms. The summed E-state index contributed by atoms with van der Waals surface area (Å²) in [6.45, 7) is 1.57. The highest BCUT2D eigenvalue weighted by Crippen LogP contribution is 2.48. The summed E-state index contributed by atoms with van der Waals surface area (Å²) in [7, 11) is 1.81. The SMILES string of the molecule is CC(=O)CC(c1ccccc1)C1c2ccccc2N(C)C1C(=O)O. The van der Waals surface area contributed by atoms with Crippen LogP contribution in [0.25, 0.3) is 0 Å². The third kappa shape index (κ3) is 2.80. The van der Waals surface area contributed by atoms with Crippen molar-refractivity contribution in [2.45, 2.75) is 31.2 Å². The van der Waals surface area contributed by atoms with Crippen molar-refractivity contribution >= 4 is 17.4 Å². The van der Waals surface area contributed by atoms with Crippen molar-refractivity contribution in [3.63, 3.8) is 0 Å². The Hall–Kier alpha value is -2.62. The van der Waals surface area contributed by atoms with Crippen molar-refractivity contribution in [3.8, 4) is 0 Å². The number of benzene rings is 2. The zero-order chi connectivity index (χ0) is 17.3. The average Bonchev–Trinajstić information content (AvgIpc) is 2.87. The van der Waals surface area contributed by atoms with Gasteiger partial charge in [-0.3, -0.25) is 0 Å². The molecule has 0 bridgehead atoms. The fourth-order valence-corrected chi connectivity index (χ4v) is 3.87. The molecule has 0 amide bonds. The van der Waals surface area contributed by atoms with Gasteiger partial charge in [0.2, 0.25) is 0 Å². The van der Waals surface area contributed by atoms with Crippen LogP contribution in [0.2, 0.25) is 0 Å². The number of fused-ring (bicyclic) bond motifs is 1. The maximum Gasteiger partial charge on any atom is 0.326 e. The van der Waals surface area contributed by atoms with Gasteiger partial charge in [0.25, 0.3) is 0 Å². The molecule has 124 valence electrons. The van der Waals surface area contributed by atoms with E-state index in [0.717, 1.165) is 16.8 Å². The molecule has 0 saturated heterocycles. The number of nitrogens with zero attached hydrogens (tertiary/aromatic N) is 1. The first kappa shape index (κ1) is 16.2. The Labute approximate surface area is 141 Å². The summed E-state index contributed by atoms with van der Waals surface area (Å²) in [6.07, 6.45) is 0.334. The zero-order valence-corrected chi connectivity index (χ0v) is 13.8. The van der Waals surface area contributed by atoms with Crippen molar-refractivity contribution in [1.29, 1.82) is 0 Å². The fourth-order valence-electron chi connectivity index (χ4n) is 3.87. The van der Waals surface area contributed by atoms with Crippen LogP contribution in [-0.2, 0) is 9.59 Å². The normalized spacial score (nSPS) is 20.5. The molecule has 0 radical (unpaired) electrons. The van der Waals surface area contributed by atoms with Crippen LogP contribution in [0.15, 0.2) is 54.6 Å². The lowest BCUT2D eigenvalue weighted by molar-refractivity contribution is -0.139. The molecule has 3 rings (SSSR count). The second kappa shape index (κ2) is 6.48. The van der Waals surface area contributed by atoms with Crippen molar-refractivity contribution in [2.75, 3.05) is 11.9 Å². The molecule has 1 N–H and O–H groups in total. The van der Waals surface area contributed by atoms with Crippen LogP contribution in [0.5, 0.6) is 0 Å². The number of likely N-dealkylation sites (N-methyl/N-ethyl adjacent to an activating group) is 1. The van der Waals surface area contributed by atoms with Gasteiger partial charge in [0.1, 0.15) is 11.8 Å². The summed E-state index contributed by atoms with van der Waals surface area (Å²) in [6, 6.07) is 16.9. The van der Waals surface area contributed by atoms with Crippen molar-refractivity contribution in [3.05, 3.63) is 65.7 Å². The second-order valence-electron chi connectivity index (χ2n) is 6.40. The van der Waals surface area contributed by atoms with Gasteiger partial charge in [-0.05, 0) is 24.1 Å². The Kier molecular flexibility index (Phi) is 4.38. The monoisotopic (exact) mass is 323 g/mol. The van der Waals surface area contributed by atoms with Gasteiger partial charge in [0.05, 0.1) is 0 Å². The number of rotatable bonds is 5. The van der Waals surface area contributed by atoms with Crippen LogP contribution in [0, 0.1) is 0 Å². The number of ketones is 1. The number of carbonyl (C=O) groups excluding carboxylic acids is 1. The minimum Gasteiger partial charge on any atom is -0.480 e. The van der Waals surface area contributed by atoms with Crippen LogP contribution in [-0.4, -0.2) is 29.9 Å². The minimum atomic E-state index is -0.858. The Morgan fingerprint density at radius 1 is 1.08 bits per heavy atom. The zero-order valence-electron chi connectivity index (χ0n) is 13.8. The van der Waals surface area contributed by atoms with E-state index in [0.29, 0.717) is 6.42 Å². The van der Waals surface area contributed by atoms with Gasteiger partial charge >= 0.3 is 5.97 Å². The van der Waals surface area contributed by atoms with E-state index in [1.807, 2.05) is 66.5 Å². The smallest absolute Gasteiger partial charge is 0.326 e. The highest BCUT2D eigenvalue weighted by molar-refractivity contribution is 5.85. The predicted octanol–water partition coefficient (Wildman–Crippen LogP) is 3.44. The van der Waals surface area contributed by atoms with Crippen molar-refractivity contribution < 1.29 is 14.7 Å². The minimum absolute atomic E-state index is 0.0695. The molecular formula is C20H21NO3. The van der Waals surface area contributed by atoms with Gasteiger partial charge in [0.15, 0.2) is 0 Å². The van der Waals surface area contributed by atoms with E-state index < -0.39 is 12.0 Å². The molecule has 4 nitrogen and oxygen atoms in total. The first-order valence-electron chi connectivity index (χ1n) is 8.09. The molecule has 0 aliphatic carbocycles. The molecule has 0 aromatic heterocycles. The Morgan fingerprint density at radius 3 is 2.33 bits per heavy atom. The summed E-state index contributed by atoms with van der Waals surface area (Å²) in [4.78, 5) is 25.7. The molecule has 2 aromatic rings. The number of anilines is 1. The number of carboxylic acids is 1. The lowest BCUT2D eigenvalue weighted by atomic mass is 9.76. The van der Waals surface area contributed by atoms with Crippen LogP contribution >= 0.6 is 0 Å². The number of carbonyl (C=O) groups is 2. The molecule has 3 atom stereocenters. The summed E-state index contributed by atoms with van der Waals surface area (Å²) in [5, 5.41) is 9.83. The Morgan fingerprint density at radius 2 is 1.71 bits per heavy atom. The molecule has 0 saturated carbocycles. The lowest BCUT2D eigenvalue weighted by Gasteiger charge is -2.29. The predicted molar refractivity (Wildman–Crippen MR) is 93.5 cm³/mol. The first-order chi connectivity index (χ1) is 11.5. The Balaban J connectivity index is 2.13. The summed E-state index contributed by atoms with van der Waals surface area (Å²) < 4.78 is 0. The maximum absolute atomic E-state index is 12.0. The Bertz CT molecular complexity index is 756. The first-order valence-corrected chi connectivity index (χ1v) is 8.09. The van der Waals surface area contributed by atoms with Crippen LogP contribution in [0.1, 0.15) is 36.3 Å². The van der Waals surface area contributed by atoms with E-state index in [-0.39, 0.29) is 17.6 Å². The third-order valence-electron chi connectivity index (χ3n) is 4.85. The molecule has 0 fully saturated rings. The van der Waals surface area contributed by atoms with Gasteiger partial charge in [-0.2, -0.15) is 0 Å². The van der Waals surface area contributed by atoms with E-state index >= 15 is 0 Å². The van der Waals surface area contributed by atoms with Crippen LogP contribution < -0.4 is 4.90 Å². The molecule has 2 aromatic carbocycles. The quantitative estimate of drug-likeness (QED) is 0.916. The molecule has 4 heteroatoms. The fraction of sp³-hybridized carbons (Fsp3) is 0.300. The van der Waals surface area contributed by atoms with Gasteiger partial charge in [-0.25, -0.2) is 4.79 Å². The van der Waals surface area contributed by atoms with Crippen molar-refractivity contribution in [1.82, 2.24) is 0 Å². The molecule has 24 heavy (non-hydrogen) atoms. The van der Waals surface area contributed by atoms with Gasteiger partial charge < -0.3 is 14.8 Å². The van der Waals surface area contributed by atoms with E-state index in [4.69, 9.17) is 0 Å². The molecule has 1 aliphatic heterocycles. The van der Waals surface area contributed by atoms with Gasteiger partial charge in [-0.15, -0.1) is 0 Å². The van der Waals surface area contributed by atoms with E-state index in [1.165, 1.54) is 0 Å². The summed E-state index contributed by atoms with van der Waals surface area (Å²) in [5.41, 5.74) is 2.94. The number of hydrogen-bond donors (Lipinski definition) is 1. The molecule has 3 unspecified atom stereocenters. The summed E-state index contributed by atoms with van der Waals surface area (Å²) in [5.74, 6) is -1.20. The molecule has 1 aliphatic rings. The number of hydrogen-bond acceptors (Lipinski definition) is 3. The topological polar surface area (TPSA) is 57.6 Å². The standard InChI is InChI=1S/C20H21NO3/c1-13(22)12-16(14-8-4-3-5-9-14)18-15-10-6-7-11-17(15)21(2)19(18)20(23)24/h3-11,16,18-19H,12H2,1-2H3,(H,23,24). The van der Waals surface area contributed by atoms with E-state index in [2.05, 4.69) is 0 Å². The number of aliphatic carboxylic acids is 1. The average molecular weight is 323 g/mol. The third-order valence-corrected chi connectivity index (χ3v) is 4.85. The van der Waals surface area contributed by atoms with E-state index in [1.54, 1.807) is 6.92 Å². The van der Waals surface area contributed by atoms with Crippen LogP contribution in [0.4, 0.5) is 5.69 Å². The maximum atomic E-state index is 12.0. The highest BCUT2D eigenvalue weighted by Gasteiger charge is 2.45. The number of carboxylic acid groups (broad SMARTS) is 1. The van der Waals surface area contributed by atoms with Gasteiger partial charge in [0, 0.05) is 31.0 Å². The summed E-state index contributed by atoms with van der Waals surface area (Å²) >= 11 is 0. The number of para-hydroxylation sites is 1. The molecule has 1 heterocycles. The van der Waals surface area contributed by atoms with Gasteiger partial charge in [-0.1, -0.05) is 48.5 Å².